The number of H-pyrrole nitrogens is 2. The largest absolute Gasteiger partial charge is 0.359 e. The van der Waals surface area contributed by atoms with Crippen LogP contribution >= 0.6 is 0 Å². The molecule has 0 saturated heterocycles. The second kappa shape index (κ2) is 2.95. The lowest BCUT2D eigenvalue weighted by Crippen LogP contribution is -2.30. The van der Waals surface area contributed by atoms with E-state index in [-0.39, 0.29) is 11.4 Å². The van der Waals surface area contributed by atoms with Gasteiger partial charge in [0.2, 0.25) is 0 Å². The average Bonchev–Trinajstić information content (AvgIpc) is 2.17. The Bertz CT molecular complexity index is 559. The predicted octanol–water partition coefficient (Wildman–Crippen LogP) is -0.559. The number of nitrogens with two attached hydrogens (primary N) is 1. The first-order valence-corrected chi connectivity index (χ1v) is 4.02. The smallest absolute Gasteiger partial charge is 0.346 e. The lowest BCUT2D eigenvalue weighted by molar-refractivity contribution is -0.354. The summed E-state index contributed by atoms with van der Waals surface area (Å²) in [6.07, 6.45) is 0. The van der Waals surface area contributed by atoms with Crippen molar-refractivity contribution in [1.29, 1.82) is 0 Å². The molecule has 1 amide bonds. The van der Waals surface area contributed by atoms with Gasteiger partial charge in [0.25, 0.3) is 0 Å². The first kappa shape index (κ1) is 8.43. The van der Waals surface area contributed by atoms with E-state index in [1.54, 1.807) is 24.3 Å². The van der Waals surface area contributed by atoms with E-state index in [4.69, 9.17) is 5.73 Å². The highest BCUT2D eigenvalue weighted by atomic mass is 16.1. The lowest BCUT2D eigenvalue weighted by atomic mass is 10.2. The SMILES string of the molecule is NC(=O)c1[nH]c(=O)c2ccccc2[nH+]1. The Morgan fingerprint density at radius 3 is 2.79 bits per heavy atom. The summed E-state index contributed by atoms with van der Waals surface area (Å²) in [5.74, 6) is -0.679. The quantitative estimate of drug-likeness (QED) is 0.631. The zero-order valence-corrected chi connectivity index (χ0v) is 7.20. The molecule has 0 aliphatic carbocycles. The van der Waals surface area contributed by atoms with E-state index in [1.165, 1.54) is 0 Å². The fourth-order valence-corrected chi connectivity index (χ4v) is 1.26. The molecule has 0 atom stereocenters. The molecule has 70 valence electrons. The van der Waals surface area contributed by atoms with Gasteiger partial charge in [-0.05, 0) is 12.1 Å². The first-order chi connectivity index (χ1) is 6.68. The van der Waals surface area contributed by atoms with Crippen molar-refractivity contribution in [2.45, 2.75) is 0 Å². The molecular weight excluding hydrogens is 182 g/mol. The number of rotatable bonds is 1. The van der Waals surface area contributed by atoms with Crippen LogP contribution < -0.4 is 16.3 Å². The highest BCUT2D eigenvalue weighted by Gasteiger charge is 2.13. The number of hydrogen-bond acceptors (Lipinski definition) is 2. The van der Waals surface area contributed by atoms with Gasteiger partial charge in [-0.1, -0.05) is 12.1 Å². The molecule has 1 heterocycles. The lowest BCUT2D eigenvalue weighted by Gasteiger charge is -1.92. The minimum atomic E-state index is -0.687. The van der Waals surface area contributed by atoms with Gasteiger partial charge in [0.05, 0.1) is 0 Å². The molecule has 0 fully saturated rings. The summed E-state index contributed by atoms with van der Waals surface area (Å²) in [4.78, 5) is 27.3. The van der Waals surface area contributed by atoms with Gasteiger partial charge in [-0.2, -0.15) is 0 Å². The highest BCUT2D eigenvalue weighted by Crippen LogP contribution is 2.00. The Labute approximate surface area is 78.6 Å². The predicted molar refractivity (Wildman–Crippen MR) is 49.6 cm³/mol. The summed E-state index contributed by atoms with van der Waals surface area (Å²) < 4.78 is 0. The molecule has 2 aromatic rings. The molecule has 0 aliphatic rings. The van der Waals surface area contributed by atoms with Crippen LogP contribution in [0.5, 0.6) is 0 Å². The number of hydrogen-bond donors (Lipinski definition) is 2. The van der Waals surface area contributed by atoms with Crippen molar-refractivity contribution in [3.63, 3.8) is 0 Å². The molecule has 0 bridgehead atoms. The molecule has 0 spiro atoms. The molecule has 5 heteroatoms. The normalized spacial score (nSPS) is 10.3. The second-order valence-electron chi connectivity index (χ2n) is 2.86. The Kier molecular flexibility index (Phi) is 1.78. The number of aromatic amines is 2. The minimum absolute atomic E-state index is 0.00806. The van der Waals surface area contributed by atoms with E-state index in [2.05, 4.69) is 9.97 Å². The third-order valence-electron chi connectivity index (χ3n) is 1.92. The fourth-order valence-electron chi connectivity index (χ4n) is 1.26. The number of carbonyl (C=O) groups excluding carboxylic acids is 1. The zero-order valence-electron chi connectivity index (χ0n) is 7.20. The second-order valence-corrected chi connectivity index (χ2v) is 2.86. The van der Waals surface area contributed by atoms with E-state index in [9.17, 15) is 9.59 Å². The Balaban J connectivity index is 2.86. The molecule has 2 rings (SSSR count). The fraction of sp³-hybridized carbons (Fsp3) is 0. The third kappa shape index (κ3) is 1.24. The number of benzene rings is 1. The van der Waals surface area contributed by atoms with Crippen molar-refractivity contribution in [2.75, 3.05) is 0 Å². The Morgan fingerprint density at radius 1 is 1.36 bits per heavy atom. The summed E-state index contributed by atoms with van der Waals surface area (Å²) >= 11 is 0. The molecule has 1 aromatic heterocycles. The zero-order chi connectivity index (χ0) is 10.1. The topological polar surface area (TPSA) is 90.1 Å². The van der Waals surface area contributed by atoms with E-state index in [0.29, 0.717) is 10.9 Å². The number of para-hydroxylation sites is 1. The third-order valence-corrected chi connectivity index (χ3v) is 1.92. The molecule has 0 saturated carbocycles. The number of nitrogens with one attached hydrogen (secondary N) is 2. The van der Waals surface area contributed by atoms with Crippen LogP contribution in [-0.4, -0.2) is 10.9 Å². The molecular formula is C9H8N3O2+. The molecule has 0 aliphatic heterocycles. The van der Waals surface area contributed by atoms with Crippen molar-refractivity contribution < 1.29 is 9.78 Å². The van der Waals surface area contributed by atoms with Gasteiger partial charge in [-0.3, -0.25) is 4.79 Å². The van der Waals surface area contributed by atoms with Crippen LogP contribution in [0, 0.1) is 0 Å². The van der Waals surface area contributed by atoms with Gasteiger partial charge in [0, 0.05) is 0 Å². The minimum Gasteiger partial charge on any atom is -0.359 e. The number of amides is 1. The number of primary amides is 1. The first-order valence-electron chi connectivity index (χ1n) is 4.02. The average molecular weight is 190 g/mol. The summed E-state index contributed by atoms with van der Waals surface area (Å²) in [5.41, 5.74) is 5.30. The van der Waals surface area contributed by atoms with Crippen molar-refractivity contribution in [3.05, 3.63) is 40.4 Å². The van der Waals surface area contributed by atoms with Crippen LogP contribution in [-0.2, 0) is 0 Å². The highest BCUT2D eigenvalue weighted by molar-refractivity contribution is 5.88. The van der Waals surface area contributed by atoms with Gasteiger partial charge in [0.1, 0.15) is 10.9 Å². The van der Waals surface area contributed by atoms with Crippen LogP contribution in [0.25, 0.3) is 10.9 Å². The summed E-state index contributed by atoms with van der Waals surface area (Å²) in [6.45, 7) is 0. The van der Waals surface area contributed by atoms with Gasteiger partial charge in [-0.15, -0.1) is 0 Å². The Hall–Kier alpha value is -2.17. The maximum absolute atomic E-state index is 11.4. The van der Waals surface area contributed by atoms with Crippen LogP contribution in [0.2, 0.25) is 0 Å². The van der Waals surface area contributed by atoms with E-state index in [1.807, 2.05) is 0 Å². The van der Waals surface area contributed by atoms with Crippen molar-refractivity contribution >= 4 is 16.8 Å². The van der Waals surface area contributed by atoms with Crippen LogP contribution in [0.1, 0.15) is 10.6 Å². The van der Waals surface area contributed by atoms with E-state index in [0.717, 1.165) is 0 Å². The van der Waals surface area contributed by atoms with Crippen LogP contribution in [0.3, 0.4) is 0 Å². The molecule has 0 unspecified atom stereocenters. The van der Waals surface area contributed by atoms with Gasteiger partial charge < -0.3 is 5.73 Å². The van der Waals surface area contributed by atoms with Gasteiger partial charge >= 0.3 is 17.3 Å². The monoisotopic (exact) mass is 190 g/mol. The number of aromatic nitrogens is 2. The standard InChI is InChI=1S/C9H7N3O2/c10-7(13)8-11-6-4-2-1-3-5(6)9(14)12-8/h1-4H,(H2,10,13)(H,11,12,14)/p+1. The molecule has 14 heavy (non-hydrogen) atoms. The summed E-state index contributed by atoms with van der Waals surface area (Å²) in [5, 5.41) is 0.498. The van der Waals surface area contributed by atoms with E-state index >= 15 is 0 Å². The van der Waals surface area contributed by atoms with Crippen molar-refractivity contribution in [2.24, 2.45) is 5.73 Å². The summed E-state index contributed by atoms with van der Waals surface area (Å²) in [6, 6.07) is 6.88. The van der Waals surface area contributed by atoms with Crippen LogP contribution in [0.15, 0.2) is 29.1 Å². The van der Waals surface area contributed by atoms with Crippen molar-refractivity contribution in [1.82, 2.24) is 4.98 Å². The summed E-state index contributed by atoms with van der Waals surface area (Å²) in [7, 11) is 0. The molecule has 0 radical (unpaired) electrons. The maximum Gasteiger partial charge on any atom is 0.346 e. The van der Waals surface area contributed by atoms with Crippen LogP contribution in [0.4, 0.5) is 0 Å². The van der Waals surface area contributed by atoms with Gasteiger partial charge in [0.15, 0.2) is 0 Å². The molecule has 1 aromatic carbocycles. The number of carbonyl (C=O) groups is 1. The van der Waals surface area contributed by atoms with E-state index < -0.39 is 5.91 Å². The Morgan fingerprint density at radius 2 is 2.07 bits per heavy atom. The van der Waals surface area contributed by atoms with Gasteiger partial charge in [-0.25, -0.2) is 14.8 Å². The molecule has 5 nitrogen and oxygen atoms in total. The maximum atomic E-state index is 11.4. The van der Waals surface area contributed by atoms with Crippen molar-refractivity contribution in [3.8, 4) is 0 Å². The molecule has 4 N–H and O–H groups in total. The number of fused-ring (bicyclic) bond motifs is 1.